The predicted molar refractivity (Wildman–Crippen MR) is 102 cm³/mol. The van der Waals surface area contributed by atoms with Crippen LogP contribution in [-0.2, 0) is 4.79 Å². The number of ether oxygens (including phenoxy) is 1. The highest BCUT2D eigenvalue weighted by Crippen LogP contribution is 2.25. The molecule has 1 heterocycles. The van der Waals surface area contributed by atoms with E-state index in [1.54, 1.807) is 44.6 Å². The van der Waals surface area contributed by atoms with Gasteiger partial charge in [0.2, 0.25) is 5.91 Å². The van der Waals surface area contributed by atoms with Gasteiger partial charge in [0.05, 0.1) is 5.69 Å². The summed E-state index contributed by atoms with van der Waals surface area (Å²) in [5.74, 6) is 1.21. The van der Waals surface area contributed by atoms with Crippen molar-refractivity contribution in [1.82, 2.24) is 14.9 Å². The standard InChI is InChI=1S/C21H18FN3O2/c1-25(2)21(26)12-11-20-23-14-13-19(24-20)15-3-7-17(8-4-15)27-18-9-5-16(22)6-10-18/h3-14H,1-2H3. The summed E-state index contributed by atoms with van der Waals surface area (Å²) in [6.07, 6.45) is 4.65. The van der Waals surface area contributed by atoms with Gasteiger partial charge < -0.3 is 9.64 Å². The van der Waals surface area contributed by atoms with E-state index in [2.05, 4.69) is 9.97 Å². The monoisotopic (exact) mass is 363 g/mol. The van der Waals surface area contributed by atoms with Crippen molar-refractivity contribution in [2.75, 3.05) is 14.1 Å². The summed E-state index contributed by atoms with van der Waals surface area (Å²) >= 11 is 0. The molecule has 0 saturated carbocycles. The van der Waals surface area contributed by atoms with Gasteiger partial charge in [0.25, 0.3) is 0 Å². The molecule has 5 nitrogen and oxygen atoms in total. The quantitative estimate of drug-likeness (QED) is 0.638. The SMILES string of the molecule is CN(C)C(=O)C=Cc1nccc(-c2ccc(Oc3ccc(F)cc3)cc2)n1. The summed E-state index contributed by atoms with van der Waals surface area (Å²) in [5, 5.41) is 0. The third-order valence-corrected chi connectivity index (χ3v) is 3.69. The summed E-state index contributed by atoms with van der Waals surface area (Å²) in [6, 6.07) is 15.0. The van der Waals surface area contributed by atoms with E-state index in [0.29, 0.717) is 17.3 Å². The van der Waals surface area contributed by atoms with Crippen LogP contribution in [0.5, 0.6) is 11.5 Å². The van der Waals surface area contributed by atoms with Crippen molar-refractivity contribution in [2.24, 2.45) is 0 Å². The van der Waals surface area contributed by atoms with Crippen molar-refractivity contribution in [3.8, 4) is 22.8 Å². The average Bonchev–Trinajstić information content (AvgIpc) is 2.68. The molecule has 0 saturated heterocycles. The second-order valence-corrected chi connectivity index (χ2v) is 5.95. The number of hydrogen-bond donors (Lipinski definition) is 0. The number of carbonyl (C=O) groups excluding carboxylic acids is 1. The molecular weight excluding hydrogens is 345 g/mol. The summed E-state index contributed by atoms with van der Waals surface area (Å²) in [5.41, 5.74) is 1.62. The zero-order valence-corrected chi connectivity index (χ0v) is 15.0. The molecule has 1 aromatic heterocycles. The fourth-order valence-electron chi connectivity index (χ4n) is 2.24. The van der Waals surface area contributed by atoms with E-state index in [0.717, 1.165) is 11.3 Å². The molecule has 136 valence electrons. The Labute approximate surface area is 156 Å². The Hall–Kier alpha value is -3.54. The van der Waals surface area contributed by atoms with E-state index in [4.69, 9.17) is 4.74 Å². The van der Waals surface area contributed by atoms with Crippen LogP contribution in [0.2, 0.25) is 0 Å². The van der Waals surface area contributed by atoms with Gasteiger partial charge in [0.15, 0.2) is 5.82 Å². The second kappa shape index (κ2) is 8.23. The Morgan fingerprint density at radius 2 is 1.63 bits per heavy atom. The molecule has 0 aliphatic heterocycles. The first-order valence-electron chi connectivity index (χ1n) is 8.27. The summed E-state index contributed by atoms with van der Waals surface area (Å²) in [6.45, 7) is 0. The highest BCUT2D eigenvalue weighted by atomic mass is 19.1. The predicted octanol–water partition coefficient (Wildman–Crippen LogP) is 4.18. The zero-order valence-electron chi connectivity index (χ0n) is 15.0. The molecule has 0 aliphatic rings. The van der Waals surface area contributed by atoms with Crippen LogP contribution >= 0.6 is 0 Å². The van der Waals surface area contributed by atoms with Crippen molar-refractivity contribution in [3.63, 3.8) is 0 Å². The first-order valence-corrected chi connectivity index (χ1v) is 8.27. The van der Waals surface area contributed by atoms with Crippen LogP contribution in [0, 0.1) is 5.82 Å². The average molecular weight is 363 g/mol. The molecule has 0 bridgehead atoms. The Morgan fingerprint density at radius 3 is 2.26 bits per heavy atom. The van der Waals surface area contributed by atoms with Gasteiger partial charge in [-0.1, -0.05) is 0 Å². The maximum absolute atomic E-state index is 12.9. The van der Waals surface area contributed by atoms with Crippen LogP contribution < -0.4 is 4.74 Å². The lowest BCUT2D eigenvalue weighted by Gasteiger charge is -2.07. The Bertz CT molecular complexity index is 952. The van der Waals surface area contributed by atoms with Gasteiger partial charge in [-0.3, -0.25) is 4.79 Å². The van der Waals surface area contributed by atoms with E-state index in [9.17, 15) is 9.18 Å². The number of likely N-dealkylation sites (N-methyl/N-ethyl adjacent to an activating group) is 1. The van der Waals surface area contributed by atoms with E-state index in [1.807, 2.05) is 24.3 Å². The number of aromatic nitrogens is 2. The molecule has 0 atom stereocenters. The molecule has 0 radical (unpaired) electrons. The lowest BCUT2D eigenvalue weighted by atomic mass is 10.1. The molecule has 27 heavy (non-hydrogen) atoms. The number of amides is 1. The molecule has 2 aromatic carbocycles. The number of benzene rings is 2. The van der Waals surface area contributed by atoms with Crippen LogP contribution in [0.4, 0.5) is 4.39 Å². The Morgan fingerprint density at radius 1 is 1.00 bits per heavy atom. The fraction of sp³-hybridized carbons (Fsp3) is 0.0952. The highest BCUT2D eigenvalue weighted by Gasteiger charge is 2.04. The van der Waals surface area contributed by atoms with Gasteiger partial charge in [-0.25, -0.2) is 14.4 Å². The molecule has 3 rings (SSSR count). The molecule has 6 heteroatoms. The van der Waals surface area contributed by atoms with Gasteiger partial charge in [-0.15, -0.1) is 0 Å². The molecular formula is C21H18FN3O2. The fourth-order valence-corrected chi connectivity index (χ4v) is 2.24. The lowest BCUT2D eigenvalue weighted by Crippen LogP contribution is -2.18. The zero-order chi connectivity index (χ0) is 19.2. The Balaban J connectivity index is 1.74. The van der Waals surface area contributed by atoms with Crippen molar-refractivity contribution < 1.29 is 13.9 Å². The van der Waals surface area contributed by atoms with E-state index >= 15 is 0 Å². The summed E-state index contributed by atoms with van der Waals surface area (Å²) < 4.78 is 18.6. The number of carbonyl (C=O) groups is 1. The summed E-state index contributed by atoms with van der Waals surface area (Å²) in [7, 11) is 3.36. The lowest BCUT2D eigenvalue weighted by molar-refractivity contribution is -0.123. The van der Waals surface area contributed by atoms with Crippen molar-refractivity contribution in [3.05, 3.63) is 78.5 Å². The molecule has 0 spiro atoms. The van der Waals surface area contributed by atoms with Crippen molar-refractivity contribution in [1.29, 1.82) is 0 Å². The number of rotatable bonds is 5. The van der Waals surface area contributed by atoms with Crippen LogP contribution in [-0.4, -0.2) is 34.9 Å². The third-order valence-electron chi connectivity index (χ3n) is 3.69. The minimum atomic E-state index is -0.307. The van der Waals surface area contributed by atoms with E-state index in [-0.39, 0.29) is 11.7 Å². The molecule has 0 aliphatic carbocycles. The Kier molecular flexibility index (Phi) is 5.56. The number of halogens is 1. The molecule has 0 unspecified atom stereocenters. The molecule has 3 aromatic rings. The van der Waals surface area contributed by atoms with Gasteiger partial charge >= 0.3 is 0 Å². The van der Waals surface area contributed by atoms with Gasteiger partial charge in [0.1, 0.15) is 17.3 Å². The van der Waals surface area contributed by atoms with Gasteiger partial charge in [0, 0.05) is 31.9 Å². The molecule has 1 amide bonds. The maximum Gasteiger partial charge on any atom is 0.246 e. The maximum atomic E-state index is 12.9. The number of nitrogens with zero attached hydrogens (tertiary/aromatic N) is 3. The third kappa shape index (κ3) is 4.98. The van der Waals surface area contributed by atoms with Crippen LogP contribution in [0.1, 0.15) is 5.82 Å². The van der Waals surface area contributed by atoms with Gasteiger partial charge in [-0.2, -0.15) is 0 Å². The first-order chi connectivity index (χ1) is 13.0. The van der Waals surface area contributed by atoms with Crippen LogP contribution in [0.25, 0.3) is 17.3 Å². The topological polar surface area (TPSA) is 55.3 Å². The highest BCUT2D eigenvalue weighted by molar-refractivity contribution is 5.90. The van der Waals surface area contributed by atoms with Crippen molar-refractivity contribution >= 4 is 12.0 Å². The van der Waals surface area contributed by atoms with Gasteiger partial charge in [-0.05, 0) is 60.7 Å². The summed E-state index contributed by atoms with van der Waals surface area (Å²) in [4.78, 5) is 21.7. The van der Waals surface area contributed by atoms with Crippen molar-refractivity contribution in [2.45, 2.75) is 0 Å². The van der Waals surface area contributed by atoms with Crippen LogP contribution in [0.15, 0.2) is 66.9 Å². The molecule has 0 N–H and O–H groups in total. The largest absolute Gasteiger partial charge is 0.457 e. The van der Waals surface area contributed by atoms with E-state index in [1.165, 1.54) is 23.1 Å². The second-order valence-electron chi connectivity index (χ2n) is 5.95. The van der Waals surface area contributed by atoms with E-state index < -0.39 is 0 Å². The minimum absolute atomic E-state index is 0.133. The number of hydrogen-bond acceptors (Lipinski definition) is 4. The normalized spacial score (nSPS) is 10.8. The smallest absolute Gasteiger partial charge is 0.246 e. The minimum Gasteiger partial charge on any atom is -0.457 e. The molecule has 0 fully saturated rings. The van der Waals surface area contributed by atoms with Crippen LogP contribution in [0.3, 0.4) is 0 Å². The first kappa shape index (κ1) is 18.3.